The maximum atomic E-state index is 9.03. The van der Waals surface area contributed by atoms with E-state index in [9.17, 15) is 0 Å². The van der Waals surface area contributed by atoms with Crippen LogP contribution in [-0.2, 0) is 6.61 Å². The van der Waals surface area contributed by atoms with Gasteiger partial charge in [-0.05, 0) is 29.8 Å². The number of nitriles is 1. The van der Waals surface area contributed by atoms with Crippen LogP contribution in [0.4, 0.5) is 0 Å². The van der Waals surface area contributed by atoms with E-state index in [-0.39, 0.29) is 0 Å². The molecule has 3 nitrogen and oxygen atoms in total. The zero-order valence-electron chi connectivity index (χ0n) is 10.4. The van der Waals surface area contributed by atoms with Crippen LogP contribution in [0.15, 0.2) is 42.5 Å². The largest absolute Gasteiger partial charge is 0.497 e. The van der Waals surface area contributed by atoms with E-state index >= 15 is 0 Å². The average molecular weight is 274 g/mol. The molecule has 2 aromatic rings. The van der Waals surface area contributed by atoms with E-state index in [1.807, 2.05) is 18.2 Å². The van der Waals surface area contributed by atoms with E-state index in [2.05, 4.69) is 6.07 Å². The molecule has 0 unspecified atom stereocenters. The molecular weight excluding hydrogens is 262 g/mol. The van der Waals surface area contributed by atoms with E-state index < -0.39 is 0 Å². The Bertz CT molecular complexity index is 620. The molecule has 0 fully saturated rings. The quantitative estimate of drug-likeness (QED) is 0.851. The Morgan fingerprint density at radius 3 is 2.74 bits per heavy atom. The highest BCUT2D eigenvalue weighted by Crippen LogP contribution is 2.25. The van der Waals surface area contributed by atoms with Crippen LogP contribution in [0.3, 0.4) is 0 Å². The van der Waals surface area contributed by atoms with Crippen LogP contribution < -0.4 is 9.47 Å². The Kier molecular flexibility index (Phi) is 4.27. The smallest absolute Gasteiger partial charge is 0.141 e. The Morgan fingerprint density at radius 1 is 1.21 bits per heavy atom. The summed E-state index contributed by atoms with van der Waals surface area (Å²) in [6.45, 7) is 0.350. The fourth-order valence-electron chi connectivity index (χ4n) is 1.63. The van der Waals surface area contributed by atoms with Gasteiger partial charge in [0.15, 0.2) is 0 Å². The molecule has 0 atom stereocenters. The summed E-state index contributed by atoms with van der Waals surface area (Å²) in [6, 6.07) is 14.6. The lowest BCUT2D eigenvalue weighted by Gasteiger charge is -2.09. The molecule has 0 heterocycles. The van der Waals surface area contributed by atoms with Gasteiger partial charge >= 0.3 is 0 Å². The third-order valence-electron chi connectivity index (χ3n) is 2.59. The standard InChI is InChI=1S/C15H12ClNO2/c1-18-14-6-5-12(9-17)15(8-14)19-10-11-3-2-4-13(16)7-11/h2-8H,10H2,1H3. The van der Waals surface area contributed by atoms with Crippen LogP contribution in [0, 0.1) is 11.3 Å². The van der Waals surface area contributed by atoms with Crippen molar-refractivity contribution in [1.29, 1.82) is 5.26 Å². The predicted octanol–water partition coefficient (Wildman–Crippen LogP) is 3.80. The van der Waals surface area contributed by atoms with Crippen molar-refractivity contribution in [3.05, 3.63) is 58.6 Å². The number of nitrogens with zero attached hydrogens (tertiary/aromatic N) is 1. The van der Waals surface area contributed by atoms with Crippen molar-refractivity contribution in [3.8, 4) is 17.6 Å². The highest BCUT2D eigenvalue weighted by Gasteiger charge is 2.06. The Hall–Kier alpha value is -2.18. The first kappa shape index (κ1) is 13.3. The van der Waals surface area contributed by atoms with Crippen LogP contribution in [0.2, 0.25) is 5.02 Å². The number of rotatable bonds is 4. The lowest BCUT2D eigenvalue weighted by Crippen LogP contribution is -1.98. The molecule has 0 spiro atoms. The fraction of sp³-hybridized carbons (Fsp3) is 0.133. The minimum atomic E-state index is 0.350. The first-order valence-electron chi connectivity index (χ1n) is 5.68. The van der Waals surface area contributed by atoms with Gasteiger partial charge in [-0.1, -0.05) is 23.7 Å². The number of benzene rings is 2. The topological polar surface area (TPSA) is 42.2 Å². The van der Waals surface area contributed by atoms with Crippen LogP contribution in [0.5, 0.6) is 11.5 Å². The van der Waals surface area contributed by atoms with Crippen LogP contribution in [0.1, 0.15) is 11.1 Å². The van der Waals surface area contributed by atoms with Gasteiger partial charge < -0.3 is 9.47 Å². The second-order valence-electron chi connectivity index (χ2n) is 3.89. The van der Waals surface area contributed by atoms with Gasteiger partial charge in [-0.3, -0.25) is 0 Å². The van der Waals surface area contributed by atoms with Gasteiger partial charge in [-0.25, -0.2) is 0 Å². The predicted molar refractivity (Wildman–Crippen MR) is 73.5 cm³/mol. The Labute approximate surface area is 117 Å². The number of hydrogen-bond acceptors (Lipinski definition) is 3. The van der Waals surface area contributed by atoms with Gasteiger partial charge in [0.05, 0.1) is 12.7 Å². The Morgan fingerprint density at radius 2 is 2.05 bits per heavy atom. The van der Waals surface area contributed by atoms with Gasteiger partial charge in [0.1, 0.15) is 24.2 Å². The molecule has 0 saturated heterocycles. The summed E-state index contributed by atoms with van der Waals surface area (Å²) in [5.74, 6) is 1.15. The van der Waals surface area contributed by atoms with Crippen LogP contribution in [-0.4, -0.2) is 7.11 Å². The molecule has 0 aliphatic carbocycles. The molecule has 19 heavy (non-hydrogen) atoms. The maximum absolute atomic E-state index is 9.03. The van der Waals surface area contributed by atoms with Crippen molar-refractivity contribution in [2.45, 2.75) is 6.61 Å². The molecule has 0 N–H and O–H groups in total. The van der Waals surface area contributed by atoms with Crippen molar-refractivity contribution in [1.82, 2.24) is 0 Å². The fourth-order valence-corrected chi connectivity index (χ4v) is 1.84. The summed E-state index contributed by atoms with van der Waals surface area (Å²) in [4.78, 5) is 0. The van der Waals surface area contributed by atoms with Gasteiger partial charge in [0, 0.05) is 11.1 Å². The molecule has 0 aliphatic heterocycles. The molecule has 0 amide bonds. The second-order valence-corrected chi connectivity index (χ2v) is 4.33. The molecule has 96 valence electrons. The molecule has 0 bridgehead atoms. The number of hydrogen-bond donors (Lipinski definition) is 0. The maximum Gasteiger partial charge on any atom is 0.141 e. The minimum absolute atomic E-state index is 0.350. The van der Waals surface area contributed by atoms with Crippen LogP contribution in [0.25, 0.3) is 0 Å². The first-order chi connectivity index (χ1) is 9.22. The van der Waals surface area contributed by atoms with E-state index in [0.717, 1.165) is 5.56 Å². The molecule has 0 radical (unpaired) electrons. The molecule has 0 aromatic heterocycles. The first-order valence-corrected chi connectivity index (χ1v) is 6.06. The third-order valence-corrected chi connectivity index (χ3v) is 2.83. The zero-order valence-corrected chi connectivity index (χ0v) is 11.1. The minimum Gasteiger partial charge on any atom is -0.497 e. The van der Waals surface area contributed by atoms with Gasteiger partial charge in [-0.2, -0.15) is 5.26 Å². The summed E-state index contributed by atoms with van der Waals surface area (Å²) < 4.78 is 10.8. The molecule has 4 heteroatoms. The number of methoxy groups -OCH3 is 1. The van der Waals surface area contributed by atoms with Gasteiger partial charge in [-0.15, -0.1) is 0 Å². The van der Waals surface area contributed by atoms with Crippen molar-refractivity contribution >= 4 is 11.6 Å². The Balaban J connectivity index is 2.17. The highest BCUT2D eigenvalue weighted by atomic mass is 35.5. The second kappa shape index (κ2) is 6.12. The summed E-state index contributed by atoms with van der Waals surface area (Å²) in [5, 5.41) is 9.69. The van der Waals surface area contributed by atoms with Crippen molar-refractivity contribution in [3.63, 3.8) is 0 Å². The number of halogens is 1. The van der Waals surface area contributed by atoms with Gasteiger partial charge in [0.2, 0.25) is 0 Å². The lowest BCUT2D eigenvalue weighted by molar-refractivity contribution is 0.303. The third kappa shape index (κ3) is 3.40. The molecule has 0 aliphatic rings. The molecule has 0 saturated carbocycles. The molecule has 2 aromatic carbocycles. The average Bonchev–Trinajstić information content (AvgIpc) is 2.45. The summed E-state index contributed by atoms with van der Waals surface area (Å²) in [6.07, 6.45) is 0. The van der Waals surface area contributed by atoms with Crippen molar-refractivity contribution in [2.75, 3.05) is 7.11 Å². The van der Waals surface area contributed by atoms with E-state index in [0.29, 0.717) is 28.7 Å². The monoisotopic (exact) mass is 273 g/mol. The van der Waals surface area contributed by atoms with E-state index in [4.69, 9.17) is 26.3 Å². The van der Waals surface area contributed by atoms with Crippen molar-refractivity contribution in [2.24, 2.45) is 0 Å². The molecular formula is C15H12ClNO2. The van der Waals surface area contributed by atoms with E-state index in [1.165, 1.54) is 0 Å². The number of ether oxygens (including phenoxy) is 2. The van der Waals surface area contributed by atoms with Crippen molar-refractivity contribution < 1.29 is 9.47 Å². The summed E-state index contributed by atoms with van der Waals surface area (Å²) in [5.41, 5.74) is 1.42. The van der Waals surface area contributed by atoms with E-state index in [1.54, 1.807) is 31.4 Å². The highest BCUT2D eigenvalue weighted by molar-refractivity contribution is 6.30. The van der Waals surface area contributed by atoms with Gasteiger partial charge in [0.25, 0.3) is 0 Å². The van der Waals surface area contributed by atoms with Crippen LogP contribution >= 0.6 is 11.6 Å². The summed E-state index contributed by atoms with van der Waals surface area (Å²) in [7, 11) is 1.57. The SMILES string of the molecule is COc1ccc(C#N)c(OCc2cccc(Cl)c2)c1. The summed E-state index contributed by atoms with van der Waals surface area (Å²) >= 11 is 5.90. The lowest BCUT2D eigenvalue weighted by atomic mass is 10.2. The molecule has 2 rings (SSSR count). The zero-order chi connectivity index (χ0) is 13.7. The normalized spacial score (nSPS) is 9.74.